The molecule has 0 saturated carbocycles. The van der Waals surface area contributed by atoms with E-state index in [0.717, 1.165) is 19.4 Å². The Morgan fingerprint density at radius 1 is 1.40 bits per heavy atom. The summed E-state index contributed by atoms with van der Waals surface area (Å²) in [6, 6.07) is 2.86. The van der Waals surface area contributed by atoms with Crippen molar-refractivity contribution in [3.05, 3.63) is 22.2 Å². The van der Waals surface area contributed by atoms with E-state index in [9.17, 15) is 8.42 Å². The summed E-state index contributed by atoms with van der Waals surface area (Å²) in [6.45, 7) is 1.25. The number of nitrogens with one attached hydrogen (secondary N) is 2. The third kappa shape index (κ3) is 3.56. The first kappa shape index (κ1) is 15.9. The number of halogens is 2. The molecule has 1 aliphatic rings. The second-order valence-corrected chi connectivity index (χ2v) is 7.11. The van der Waals surface area contributed by atoms with Crippen LogP contribution in [0.3, 0.4) is 0 Å². The molecule has 2 N–H and O–H groups in total. The van der Waals surface area contributed by atoms with Gasteiger partial charge in [-0.05, 0) is 25.5 Å². The van der Waals surface area contributed by atoms with Crippen LogP contribution in [0.5, 0.6) is 5.75 Å². The van der Waals surface area contributed by atoms with Gasteiger partial charge < -0.3 is 10.1 Å². The Bertz CT molecular complexity index is 587. The van der Waals surface area contributed by atoms with Crippen molar-refractivity contribution in [1.82, 2.24) is 10.0 Å². The van der Waals surface area contributed by atoms with Crippen LogP contribution in [0.15, 0.2) is 17.0 Å². The molecule has 1 aliphatic heterocycles. The van der Waals surface area contributed by atoms with Crippen LogP contribution in [0.4, 0.5) is 0 Å². The van der Waals surface area contributed by atoms with E-state index in [1.807, 2.05) is 0 Å². The van der Waals surface area contributed by atoms with E-state index >= 15 is 0 Å². The molecule has 2 rings (SSSR count). The minimum absolute atomic E-state index is 0.0389. The third-order valence-corrected chi connectivity index (χ3v) is 5.36. The molecule has 1 heterocycles. The number of hydrogen-bond acceptors (Lipinski definition) is 4. The van der Waals surface area contributed by atoms with Gasteiger partial charge in [-0.3, -0.25) is 0 Å². The summed E-state index contributed by atoms with van der Waals surface area (Å²) in [5.41, 5.74) is 0. The van der Waals surface area contributed by atoms with Crippen molar-refractivity contribution in [3.63, 3.8) is 0 Å². The highest BCUT2D eigenvalue weighted by atomic mass is 35.5. The Labute approximate surface area is 128 Å². The molecule has 0 amide bonds. The lowest BCUT2D eigenvalue weighted by Gasteiger charge is -2.14. The largest absolute Gasteiger partial charge is 0.495 e. The molecule has 0 aromatic heterocycles. The predicted octanol–water partition coefficient (Wildman–Crippen LogP) is 2.03. The van der Waals surface area contributed by atoms with Crippen molar-refractivity contribution in [2.45, 2.75) is 23.8 Å². The zero-order valence-corrected chi connectivity index (χ0v) is 13.3. The van der Waals surface area contributed by atoms with Gasteiger partial charge in [0.1, 0.15) is 10.6 Å². The smallest absolute Gasteiger partial charge is 0.242 e. The summed E-state index contributed by atoms with van der Waals surface area (Å²) in [5.74, 6) is 0.341. The molecular formula is C12H16Cl2N2O3S. The van der Waals surface area contributed by atoms with Crippen LogP contribution in [0.2, 0.25) is 10.0 Å². The Kier molecular flexibility index (Phi) is 5.14. The number of sulfonamides is 1. The summed E-state index contributed by atoms with van der Waals surface area (Å²) >= 11 is 11.9. The van der Waals surface area contributed by atoms with Gasteiger partial charge in [0.25, 0.3) is 0 Å². The highest BCUT2D eigenvalue weighted by Gasteiger charge is 2.22. The number of ether oxygens (including phenoxy) is 1. The first-order chi connectivity index (χ1) is 9.44. The molecular weight excluding hydrogens is 323 g/mol. The third-order valence-electron chi connectivity index (χ3n) is 3.18. The molecule has 1 aromatic carbocycles. The normalized spacial score (nSPS) is 19.2. The monoisotopic (exact) mass is 338 g/mol. The van der Waals surface area contributed by atoms with Gasteiger partial charge in [0.05, 0.1) is 17.2 Å². The summed E-state index contributed by atoms with van der Waals surface area (Å²) < 4.78 is 32.0. The van der Waals surface area contributed by atoms with Crippen molar-refractivity contribution < 1.29 is 13.2 Å². The van der Waals surface area contributed by atoms with Gasteiger partial charge in [0.2, 0.25) is 10.0 Å². The lowest BCUT2D eigenvalue weighted by molar-refractivity contribution is 0.414. The molecule has 1 fully saturated rings. The van der Waals surface area contributed by atoms with E-state index in [-0.39, 0.29) is 21.0 Å². The molecule has 0 spiro atoms. The maximum Gasteiger partial charge on any atom is 0.242 e. The van der Waals surface area contributed by atoms with Gasteiger partial charge >= 0.3 is 0 Å². The molecule has 0 radical (unpaired) electrons. The number of rotatable bonds is 5. The zero-order chi connectivity index (χ0) is 14.8. The van der Waals surface area contributed by atoms with Gasteiger partial charge in [-0.15, -0.1) is 0 Å². The van der Waals surface area contributed by atoms with Crippen molar-refractivity contribution >= 4 is 33.2 Å². The molecule has 0 bridgehead atoms. The van der Waals surface area contributed by atoms with Crippen molar-refractivity contribution in [3.8, 4) is 5.75 Å². The van der Waals surface area contributed by atoms with Crippen molar-refractivity contribution in [2.75, 3.05) is 20.2 Å². The summed E-state index contributed by atoms with van der Waals surface area (Å²) in [6.07, 6.45) is 2.02. The van der Waals surface area contributed by atoms with Crippen LogP contribution in [0.1, 0.15) is 12.8 Å². The van der Waals surface area contributed by atoms with Gasteiger partial charge in [0.15, 0.2) is 0 Å². The van der Waals surface area contributed by atoms with E-state index in [4.69, 9.17) is 27.9 Å². The quantitative estimate of drug-likeness (QED) is 0.861. The van der Waals surface area contributed by atoms with Gasteiger partial charge in [-0.2, -0.15) is 0 Å². The SMILES string of the molecule is COc1cc(Cl)c(S(=O)(=O)NCC2CCCN2)cc1Cl. The highest BCUT2D eigenvalue weighted by molar-refractivity contribution is 7.89. The first-order valence-electron chi connectivity index (χ1n) is 6.20. The highest BCUT2D eigenvalue weighted by Crippen LogP contribution is 2.33. The molecule has 1 aromatic rings. The molecule has 1 atom stereocenters. The van der Waals surface area contributed by atoms with E-state index in [1.54, 1.807) is 0 Å². The van der Waals surface area contributed by atoms with Crippen LogP contribution in [0, 0.1) is 0 Å². The minimum atomic E-state index is -3.69. The fourth-order valence-electron chi connectivity index (χ4n) is 2.09. The Morgan fingerprint density at radius 2 is 2.15 bits per heavy atom. The van der Waals surface area contributed by atoms with Crippen LogP contribution in [-0.4, -0.2) is 34.7 Å². The number of hydrogen-bond donors (Lipinski definition) is 2. The van der Waals surface area contributed by atoms with Crippen molar-refractivity contribution in [2.24, 2.45) is 0 Å². The van der Waals surface area contributed by atoms with Crippen LogP contribution in [0.25, 0.3) is 0 Å². The average molecular weight is 339 g/mol. The van der Waals surface area contributed by atoms with Crippen LogP contribution < -0.4 is 14.8 Å². The maximum atomic E-state index is 12.2. The predicted molar refractivity (Wildman–Crippen MR) is 79.2 cm³/mol. The van der Waals surface area contributed by atoms with E-state index in [1.165, 1.54) is 19.2 Å². The van der Waals surface area contributed by atoms with E-state index in [2.05, 4.69) is 10.0 Å². The van der Waals surface area contributed by atoms with E-state index < -0.39 is 10.0 Å². The van der Waals surface area contributed by atoms with Crippen LogP contribution in [-0.2, 0) is 10.0 Å². The first-order valence-corrected chi connectivity index (χ1v) is 8.44. The average Bonchev–Trinajstić information content (AvgIpc) is 2.92. The molecule has 1 unspecified atom stereocenters. The molecule has 112 valence electrons. The molecule has 20 heavy (non-hydrogen) atoms. The number of methoxy groups -OCH3 is 1. The van der Waals surface area contributed by atoms with Crippen LogP contribution >= 0.6 is 23.2 Å². The Morgan fingerprint density at radius 3 is 2.75 bits per heavy atom. The topological polar surface area (TPSA) is 67.4 Å². The summed E-state index contributed by atoms with van der Waals surface area (Å²) in [5, 5.41) is 3.51. The number of benzene rings is 1. The van der Waals surface area contributed by atoms with Gasteiger partial charge in [-0.25, -0.2) is 13.1 Å². The second-order valence-electron chi connectivity index (χ2n) is 4.56. The fourth-order valence-corrected chi connectivity index (χ4v) is 4.02. The lowest BCUT2D eigenvalue weighted by Crippen LogP contribution is -2.37. The van der Waals surface area contributed by atoms with E-state index in [0.29, 0.717) is 12.3 Å². The second kappa shape index (κ2) is 6.49. The standard InChI is InChI=1S/C12H16Cl2N2O3S/c1-19-11-5-10(14)12(6-9(11)13)20(17,18)16-7-8-3-2-4-15-8/h5-6,8,15-16H,2-4,7H2,1H3. The fraction of sp³-hybridized carbons (Fsp3) is 0.500. The Balaban J connectivity index is 2.18. The van der Waals surface area contributed by atoms with Crippen molar-refractivity contribution in [1.29, 1.82) is 0 Å². The summed E-state index contributed by atoms with van der Waals surface area (Å²) in [4.78, 5) is -0.0389. The minimum Gasteiger partial charge on any atom is -0.495 e. The molecule has 1 saturated heterocycles. The summed E-state index contributed by atoms with van der Waals surface area (Å²) in [7, 11) is -2.25. The molecule has 0 aliphatic carbocycles. The molecule has 8 heteroatoms. The zero-order valence-electron chi connectivity index (χ0n) is 10.9. The maximum absolute atomic E-state index is 12.2. The Hall–Kier alpha value is -0.530. The van der Waals surface area contributed by atoms with Gasteiger partial charge in [-0.1, -0.05) is 23.2 Å². The lowest BCUT2D eigenvalue weighted by atomic mass is 10.2. The van der Waals surface area contributed by atoms with Gasteiger partial charge in [0, 0.05) is 18.7 Å². The molecule has 5 nitrogen and oxygen atoms in total.